The fourth-order valence-electron chi connectivity index (χ4n) is 2.66. The largest absolute Gasteiger partial charge is 0.354 e. The molecule has 3 rings (SSSR count). The molecule has 1 unspecified atom stereocenters. The molecule has 1 aliphatic rings. The molecule has 2 N–H and O–H groups in total. The summed E-state index contributed by atoms with van der Waals surface area (Å²) in [7, 11) is 0. The molecule has 1 atom stereocenters. The highest BCUT2D eigenvalue weighted by atomic mass is 16.2. The summed E-state index contributed by atoms with van der Waals surface area (Å²) in [5.74, 6) is -0.302. The zero-order valence-corrected chi connectivity index (χ0v) is 12.9. The highest BCUT2D eigenvalue weighted by molar-refractivity contribution is 5.97. The van der Waals surface area contributed by atoms with Crippen LogP contribution in [0, 0.1) is 0 Å². The van der Waals surface area contributed by atoms with Gasteiger partial charge in [0, 0.05) is 24.5 Å². The Bertz CT molecular complexity index is 664. The first-order chi connectivity index (χ1) is 11.2. The van der Waals surface area contributed by atoms with Crippen molar-refractivity contribution in [1.29, 1.82) is 0 Å². The molecule has 6 heteroatoms. The molecule has 0 aliphatic carbocycles. The Labute approximate surface area is 134 Å². The molecule has 0 saturated carbocycles. The van der Waals surface area contributed by atoms with Crippen molar-refractivity contribution in [1.82, 2.24) is 20.4 Å². The average Bonchev–Trinajstić information content (AvgIpc) is 2.98. The van der Waals surface area contributed by atoms with Gasteiger partial charge in [0.1, 0.15) is 6.04 Å². The van der Waals surface area contributed by atoms with Gasteiger partial charge in [0.25, 0.3) is 5.91 Å². The van der Waals surface area contributed by atoms with Gasteiger partial charge in [0.05, 0.1) is 6.54 Å². The molecule has 23 heavy (non-hydrogen) atoms. The number of carbonyl (C=O) groups excluding carboxylic acids is 2. The van der Waals surface area contributed by atoms with Crippen molar-refractivity contribution in [2.24, 2.45) is 0 Å². The van der Waals surface area contributed by atoms with Gasteiger partial charge in [0.15, 0.2) is 0 Å². The highest BCUT2D eigenvalue weighted by Crippen LogP contribution is 2.09. The summed E-state index contributed by atoms with van der Waals surface area (Å²) in [6, 6.07) is 8.81. The average molecular weight is 312 g/mol. The van der Waals surface area contributed by atoms with E-state index in [-0.39, 0.29) is 11.8 Å². The van der Waals surface area contributed by atoms with E-state index in [1.807, 2.05) is 29.1 Å². The first-order valence-electron chi connectivity index (χ1n) is 7.87. The van der Waals surface area contributed by atoms with Gasteiger partial charge in [0.2, 0.25) is 5.91 Å². The van der Waals surface area contributed by atoms with E-state index < -0.39 is 6.04 Å². The minimum absolute atomic E-state index is 0.0915. The number of benzene rings is 1. The molecule has 2 amide bonds. The maximum absolute atomic E-state index is 12.3. The lowest BCUT2D eigenvalue weighted by atomic mass is 10.1. The first-order valence-corrected chi connectivity index (χ1v) is 7.87. The van der Waals surface area contributed by atoms with Crippen molar-refractivity contribution in [3.05, 3.63) is 53.9 Å². The second-order valence-electron chi connectivity index (χ2n) is 5.71. The van der Waals surface area contributed by atoms with Crippen LogP contribution >= 0.6 is 0 Å². The Hall–Kier alpha value is -2.63. The van der Waals surface area contributed by atoms with Crippen LogP contribution in [0.2, 0.25) is 0 Å². The van der Waals surface area contributed by atoms with E-state index in [0.29, 0.717) is 25.1 Å². The number of nitrogens with one attached hydrogen (secondary N) is 2. The van der Waals surface area contributed by atoms with Gasteiger partial charge < -0.3 is 10.6 Å². The molecule has 0 radical (unpaired) electrons. The van der Waals surface area contributed by atoms with Crippen LogP contribution in [0.3, 0.4) is 0 Å². The lowest BCUT2D eigenvalue weighted by molar-refractivity contribution is -0.122. The Morgan fingerprint density at radius 1 is 1.30 bits per heavy atom. The van der Waals surface area contributed by atoms with Gasteiger partial charge in [-0.2, -0.15) is 5.10 Å². The molecule has 1 fully saturated rings. The minimum atomic E-state index is -0.436. The maximum atomic E-state index is 12.3. The summed E-state index contributed by atoms with van der Waals surface area (Å²) in [6.45, 7) is 1.35. The van der Waals surface area contributed by atoms with E-state index >= 15 is 0 Å². The van der Waals surface area contributed by atoms with E-state index in [1.165, 1.54) is 0 Å². The molecule has 120 valence electrons. The Balaban J connectivity index is 1.62. The summed E-state index contributed by atoms with van der Waals surface area (Å²) >= 11 is 0. The molecule has 2 aromatic rings. The molecule has 6 nitrogen and oxygen atoms in total. The molecular formula is C17H20N4O2. The van der Waals surface area contributed by atoms with Crippen LogP contribution in [0.1, 0.15) is 35.2 Å². The number of hydrogen-bond acceptors (Lipinski definition) is 3. The fraction of sp³-hybridized carbons (Fsp3) is 0.353. The highest BCUT2D eigenvalue weighted by Gasteiger charge is 2.22. The van der Waals surface area contributed by atoms with Gasteiger partial charge in [-0.3, -0.25) is 14.3 Å². The monoisotopic (exact) mass is 312 g/mol. The van der Waals surface area contributed by atoms with Crippen molar-refractivity contribution < 1.29 is 9.59 Å². The van der Waals surface area contributed by atoms with Gasteiger partial charge in [-0.25, -0.2) is 0 Å². The number of carbonyl (C=O) groups is 2. The van der Waals surface area contributed by atoms with Crippen molar-refractivity contribution in [3.63, 3.8) is 0 Å². The zero-order chi connectivity index (χ0) is 16.1. The summed E-state index contributed by atoms with van der Waals surface area (Å²) in [4.78, 5) is 24.2. The summed E-state index contributed by atoms with van der Waals surface area (Å²) in [5.41, 5.74) is 1.63. The Morgan fingerprint density at radius 2 is 2.13 bits per heavy atom. The third kappa shape index (κ3) is 3.97. The standard InChI is InChI=1S/C17H20N4O2/c22-16(20-15-4-1-2-9-18-17(15)23)14-7-5-13(6-8-14)12-21-11-3-10-19-21/h3,5-8,10-11,15H,1-2,4,9,12H2,(H,18,23)(H,20,22). The molecule has 0 spiro atoms. The van der Waals surface area contributed by atoms with E-state index in [2.05, 4.69) is 15.7 Å². The lowest BCUT2D eigenvalue weighted by Crippen LogP contribution is -2.45. The first kappa shape index (κ1) is 15.3. The molecular weight excluding hydrogens is 292 g/mol. The van der Waals surface area contributed by atoms with Gasteiger partial charge in [-0.05, 0) is 43.0 Å². The third-order valence-corrected chi connectivity index (χ3v) is 3.96. The Morgan fingerprint density at radius 3 is 2.87 bits per heavy atom. The minimum Gasteiger partial charge on any atom is -0.354 e. The normalized spacial score (nSPS) is 18.1. The topological polar surface area (TPSA) is 76.0 Å². The van der Waals surface area contributed by atoms with Crippen LogP contribution in [-0.2, 0) is 11.3 Å². The summed E-state index contributed by atoms with van der Waals surface area (Å²) < 4.78 is 1.82. The fourth-order valence-corrected chi connectivity index (χ4v) is 2.66. The van der Waals surface area contributed by atoms with Crippen LogP contribution in [0.15, 0.2) is 42.7 Å². The van der Waals surface area contributed by atoms with E-state index in [9.17, 15) is 9.59 Å². The van der Waals surface area contributed by atoms with Crippen molar-refractivity contribution in [2.45, 2.75) is 31.8 Å². The van der Waals surface area contributed by atoms with Crippen LogP contribution in [-0.4, -0.2) is 34.2 Å². The van der Waals surface area contributed by atoms with Crippen molar-refractivity contribution >= 4 is 11.8 Å². The predicted molar refractivity (Wildman–Crippen MR) is 85.9 cm³/mol. The third-order valence-electron chi connectivity index (χ3n) is 3.96. The zero-order valence-electron chi connectivity index (χ0n) is 12.9. The van der Waals surface area contributed by atoms with Crippen molar-refractivity contribution in [2.75, 3.05) is 6.54 Å². The molecule has 1 aliphatic heterocycles. The van der Waals surface area contributed by atoms with Gasteiger partial charge in [-0.15, -0.1) is 0 Å². The summed E-state index contributed by atoms with van der Waals surface area (Å²) in [5, 5.41) is 9.80. The van der Waals surface area contributed by atoms with Crippen LogP contribution in [0.4, 0.5) is 0 Å². The number of aromatic nitrogens is 2. The van der Waals surface area contributed by atoms with E-state index in [1.54, 1.807) is 18.3 Å². The van der Waals surface area contributed by atoms with Crippen molar-refractivity contribution in [3.8, 4) is 0 Å². The van der Waals surface area contributed by atoms with Crippen LogP contribution in [0.25, 0.3) is 0 Å². The van der Waals surface area contributed by atoms with Crippen LogP contribution in [0.5, 0.6) is 0 Å². The Kier molecular flexibility index (Phi) is 4.71. The second-order valence-corrected chi connectivity index (χ2v) is 5.71. The number of rotatable bonds is 4. The number of hydrogen-bond donors (Lipinski definition) is 2. The van der Waals surface area contributed by atoms with E-state index in [4.69, 9.17) is 0 Å². The van der Waals surface area contributed by atoms with Gasteiger partial charge in [-0.1, -0.05) is 12.1 Å². The maximum Gasteiger partial charge on any atom is 0.251 e. The van der Waals surface area contributed by atoms with Crippen LogP contribution < -0.4 is 10.6 Å². The molecule has 0 bridgehead atoms. The SMILES string of the molecule is O=C(NC1CCCCNC1=O)c1ccc(Cn2cccn2)cc1. The molecule has 2 heterocycles. The van der Waals surface area contributed by atoms with Gasteiger partial charge >= 0.3 is 0 Å². The number of amides is 2. The van der Waals surface area contributed by atoms with E-state index in [0.717, 1.165) is 18.4 Å². The lowest BCUT2D eigenvalue weighted by Gasteiger charge is -2.15. The second kappa shape index (κ2) is 7.09. The quantitative estimate of drug-likeness (QED) is 0.894. The molecule has 1 aromatic carbocycles. The molecule has 1 saturated heterocycles. The number of nitrogens with zero attached hydrogens (tertiary/aromatic N) is 2. The summed E-state index contributed by atoms with van der Waals surface area (Å²) in [6.07, 6.45) is 6.21. The smallest absolute Gasteiger partial charge is 0.251 e. The molecule has 1 aromatic heterocycles. The predicted octanol–water partition coefficient (Wildman–Crippen LogP) is 1.33.